The van der Waals surface area contributed by atoms with Crippen LogP contribution in [0.3, 0.4) is 0 Å². The second-order valence-corrected chi connectivity index (χ2v) is 6.11. The first-order valence-corrected chi connectivity index (χ1v) is 7.99. The molecule has 2 aromatic heterocycles. The van der Waals surface area contributed by atoms with Crippen LogP contribution in [0.2, 0.25) is 0 Å². The van der Waals surface area contributed by atoms with E-state index in [1.807, 2.05) is 48.6 Å². The number of nitrogens with zero attached hydrogens (tertiary/aromatic N) is 3. The van der Waals surface area contributed by atoms with Crippen LogP contribution in [0.1, 0.15) is 35.0 Å². The fourth-order valence-electron chi connectivity index (χ4n) is 3.39. The second-order valence-electron chi connectivity index (χ2n) is 6.11. The second kappa shape index (κ2) is 5.57. The monoisotopic (exact) mass is 309 g/mol. The summed E-state index contributed by atoms with van der Waals surface area (Å²) in [4.78, 5) is 18.9. The molecule has 23 heavy (non-hydrogen) atoms. The maximum Gasteiger partial charge on any atom is 0.289 e. The van der Waals surface area contributed by atoms with Gasteiger partial charge < -0.3 is 13.9 Å². The number of fused-ring (bicyclic) bond motifs is 1. The van der Waals surface area contributed by atoms with Crippen molar-refractivity contribution in [1.82, 2.24) is 14.5 Å². The Hall–Kier alpha value is -2.56. The Balaban J connectivity index is 1.61. The predicted octanol–water partition coefficient (Wildman–Crippen LogP) is 3.42. The summed E-state index contributed by atoms with van der Waals surface area (Å²) >= 11 is 0. The summed E-state index contributed by atoms with van der Waals surface area (Å²) in [6, 6.07) is 8.09. The van der Waals surface area contributed by atoms with E-state index in [0.717, 1.165) is 35.9 Å². The number of amides is 1. The standard InChI is InChI=1S/C18H19N3O2/c1-13-15-6-2-3-7-16(15)23-17(13)18(22)20-9-4-5-14(11-20)21-10-8-19-12-21/h2-3,6-8,10,12,14H,4-5,9,11H2,1H3/t14-/m1/s1. The first-order chi connectivity index (χ1) is 11.2. The lowest BCUT2D eigenvalue weighted by Crippen LogP contribution is -2.40. The lowest BCUT2D eigenvalue weighted by atomic mass is 10.0. The third-order valence-electron chi connectivity index (χ3n) is 4.67. The summed E-state index contributed by atoms with van der Waals surface area (Å²) in [5.74, 6) is 0.459. The zero-order chi connectivity index (χ0) is 15.8. The molecule has 1 saturated heterocycles. The van der Waals surface area contributed by atoms with Crippen LogP contribution in [0.4, 0.5) is 0 Å². The van der Waals surface area contributed by atoms with Gasteiger partial charge >= 0.3 is 0 Å². The average molecular weight is 309 g/mol. The highest BCUT2D eigenvalue weighted by molar-refractivity contribution is 5.98. The van der Waals surface area contributed by atoms with E-state index >= 15 is 0 Å². The number of imidazole rings is 1. The fraction of sp³-hybridized carbons (Fsp3) is 0.333. The Morgan fingerprint density at radius 3 is 3.00 bits per heavy atom. The smallest absolute Gasteiger partial charge is 0.289 e. The van der Waals surface area contributed by atoms with Gasteiger partial charge in [0.05, 0.1) is 12.4 Å². The van der Waals surface area contributed by atoms with Gasteiger partial charge in [0.25, 0.3) is 5.91 Å². The van der Waals surface area contributed by atoms with E-state index < -0.39 is 0 Å². The number of likely N-dealkylation sites (tertiary alicyclic amines) is 1. The summed E-state index contributed by atoms with van der Waals surface area (Å²) in [5, 5.41) is 1.01. The van der Waals surface area contributed by atoms with E-state index in [2.05, 4.69) is 9.55 Å². The van der Waals surface area contributed by atoms with E-state index in [1.165, 1.54) is 0 Å². The van der Waals surface area contributed by atoms with Crippen LogP contribution >= 0.6 is 0 Å². The maximum atomic E-state index is 12.9. The molecule has 5 nitrogen and oxygen atoms in total. The van der Waals surface area contributed by atoms with E-state index in [9.17, 15) is 4.79 Å². The van der Waals surface area contributed by atoms with Crippen LogP contribution < -0.4 is 0 Å². The van der Waals surface area contributed by atoms with Gasteiger partial charge in [0.2, 0.25) is 0 Å². The molecule has 1 atom stereocenters. The number of benzene rings is 1. The van der Waals surface area contributed by atoms with Gasteiger partial charge in [0.15, 0.2) is 5.76 Å². The Morgan fingerprint density at radius 2 is 2.22 bits per heavy atom. The third kappa shape index (κ3) is 2.42. The summed E-state index contributed by atoms with van der Waals surface area (Å²) in [7, 11) is 0. The number of rotatable bonds is 2. The van der Waals surface area contributed by atoms with E-state index in [-0.39, 0.29) is 5.91 Å². The van der Waals surface area contributed by atoms with Gasteiger partial charge in [-0.05, 0) is 25.8 Å². The van der Waals surface area contributed by atoms with Gasteiger partial charge in [-0.15, -0.1) is 0 Å². The van der Waals surface area contributed by atoms with Crippen molar-refractivity contribution < 1.29 is 9.21 Å². The molecule has 1 aliphatic rings. The van der Waals surface area contributed by atoms with Crippen molar-refractivity contribution >= 4 is 16.9 Å². The number of hydrogen-bond acceptors (Lipinski definition) is 3. The third-order valence-corrected chi connectivity index (χ3v) is 4.67. The Labute approximate surface area is 134 Å². The minimum atomic E-state index is -0.0106. The normalized spacial score (nSPS) is 18.5. The molecule has 0 unspecified atom stereocenters. The Morgan fingerprint density at radius 1 is 1.35 bits per heavy atom. The summed E-state index contributed by atoms with van der Waals surface area (Å²) in [6.45, 7) is 3.43. The van der Waals surface area contributed by atoms with Gasteiger partial charge in [0, 0.05) is 36.4 Å². The molecular formula is C18H19N3O2. The number of para-hydroxylation sites is 1. The molecule has 0 aliphatic carbocycles. The molecule has 0 saturated carbocycles. The molecule has 5 heteroatoms. The van der Waals surface area contributed by atoms with Crippen molar-refractivity contribution in [3.63, 3.8) is 0 Å². The molecule has 0 bridgehead atoms. The number of aryl methyl sites for hydroxylation is 1. The number of piperidine rings is 1. The van der Waals surface area contributed by atoms with Crippen molar-refractivity contribution in [2.75, 3.05) is 13.1 Å². The van der Waals surface area contributed by atoms with E-state index in [1.54, 1.807) is 6.20 Å². The predicted molar refractivity (Wildman–Crippen MR) is 87.4 cm³/mol. The average Bonchev–Trinajstić information content (AvgIpc) is 3.23. The number of aromatic nitrogens is 2. The molecular weight excluding hydrogens is 290 g/mol. The zero-order valence-electron chi connectivity index (χ0n) is 13.1. The molecule has 3 aromatic rings. The van der Waals surface area contributed by atoms with Crippen LogP contribution in [0.15, 0.2) is 47.4 Å². The number of furan rings is 1. The van der Waals surface area contributed by atoms with Gasteiger partial charge in [-0.2, -0.15) is 0 Å². The molecule has 0 N–H and O–H groups in total. The van der Waals surface area contributed by atoms with Crippen LogP contribution in [0.5, 0.6) is 0 Å². The number of hydrogen-bond donors (Lipinski definition) is 0. The zero-order valence-corrected chi connectivity index (χ0v) is 13.1. The summed E-state index contributed by atoms with van der Waals surface area (Å²) in [5.41, 5.74) is 1.70. The van der Waals surface area contributed by atoms with Crippen molar-refractivity contribution in [3.05, 3.63) is 54.3 Å². The van der Waals surface area contributed by atoms with Gasteiger partial charge in [-0.3, -0.25) is 4.79 Å². The topological polar surface area (TPSA) is 51.3 Å². The van der Waals surface area contributed by atoms with Crippen LogP contribution in [0.25, 0.3) is 11.0 Å². The lowest BCUT2D eigenvalue weighted by Gasteiger charge is -2.33. The first kappa shape index (κ1) is 14.1. The quantitative estimate of drug-likeness (QED) is 0.729. The highest BCUT2D eigenvalue weighted by atomic mass is 16.3. The molecule has 118 valence electrons. The Bertz CT molecular complexity index is 835. The van der Waals surface area contributed by atoms with Crippen LogP contribution in [-0.4, -0.2) is 33.4 Å². The van der Waals surface area contributed by atoms with Crippen molar-refractivity contribution in [1.29, 1.82) is 0 Å². The summed E-state index contributed by atoms with van der Waals surface area (Å²) < 4.78 is 7.92. The molecule has 4 rings (SSSR count). The Kier molecular flexibility index (Phi) is 3.41. The van der Waals surface area contributed by atoms with Crippen molar-refractivity contribution in [3.8, 4) is 0 Å². The van der Waals surface area contributed by atoms with Gasteiger partial charge in [-0.25, -0.2) is 4.98 Å². The van der Waals surface area contributed by atoms with Gasteiger partial charge in [0.1, 0.15) is 5.58 Å². The number of carbonyl (C=O) groups is 1. The highest BCUT2D eigenvalue weighted by Crippen LogP contribution is 2.28. The minimum absolute atomic E-state index is 0.0106. The van der Waals surface area contributed by atoms with Crippen LogP contribution in [-0.2, 0) is 0 Å². The molecule has 1 amide bonds. The van der Waals surface area contributed by atoms with Gasteiger partial charge in [-0.1, -0.05) is 18.2 Å². The number of carbonyl (C=O) groups excluding carboxylic acids is 1. The molecule has 0 radical (unpaired) electrons. The molecule has 3 heterocycles. The molecule has 1 aromatic carbocycles. The largest absolute Gasteiger partial charge is 0.451 e. The van der Waals surface area contributed by atoms with Crippen molar-refractivity contribution in [2.45, 2.75) is 25.8 Å². The van der Waals surface area contributed by atoms with E-state index in [0.29, 0.717) is 18.3 Å². The summed E-state index contributed by atoms with van der Waals surface area (Å²) in [6.07, 6.45) is 7.63. The molecule has 1 fully saturated rings. The maximum absolute atomic E-state index is 12.9. The SMILES string of the molecule is Cc1c(C(=O)N2CCC[C@@H](n3ccnc3)C2)oc2ccccc12. The van der Waals surface area contributed by atoms with E-state index in [4.69, 9.17) is 4.42 Å². The molecule has 0 spiro atoms. The first-order valence-electron chi connectivity index (χ1n) is 7.99. The fourth-order valence-corrected chi connectivity index (χ4v) is 3.39. The minimum Gasteiger partial charge on any atom is -0.451 e. The van der Waals surface area contributed by atoms with Crippen molar-refractivity contribution in [2.24, 2.45) is 0 Å². The molecule has 1 aliphatic heterocycles. The van der Waals surface area contributed by atoms with Crippen LogP contribution in [0, 0.1) is 6.92 Å². The lowest BCUT2D eigenvalue weighted by molar-refractivity contribution is 0.0648. The highest BCUT2D eigenvalue weighted by Gasteiger charge is 2.28.